The molecule has 7 nitrogen and oxygen atoms in total. The lowest BCUT2D eigenvalue weighted by Crippen LogP contribution is -2.58. The molecule has 2 amide bonds. The molecule has 8 heteroatoms. The molecule has 2 unspecified atom stereocenters. The molecule has 2 aliphatic heterocycles. The van der Waals surface area contributed by atoms with Crippen LogP contribution in [0.1, 0.15) is 29.8 Å². The Morgan fingerprint density at radius 2 is 2.07 bits per heavy atom. The number of piperidine rings is 1. The molecule has 3 heterocycles. The second-order valence-electron chi connectivity index (χ2n) is 7.70. The molecule has 156 valence electrons. The molecule has 0 spiro atoms. The lowest BCUT2D eigenvalue weighted by atomic mass is 10.0. The highest BCUT2D eigenvalue weighted by Crippen LogP contribution is 2.17. The first-order valence-electron chi connectivity index (χ1n) is 10.1. The Morgan fingerprint density at radius 3 is 2.71 bits per heavy atom. The molecule has 1 N–H and O–H groups in total. The van der Waals surface area contributed by atoms with Gasteiger partial charge in [-0.3, -0.25) is 14.5 Å². The summed E-state index contributed by atoms with van der Waals surface area (Å²) in [6.45, 7) is 5.57. The van der Waals surface area contributed by atoms with Gasteiger partial charge in [0.25, 0.3) is 5.91 Å². The quantitative estimate of drug-likeness (QED) is 0.735. The molecule has 1 aromatic rings. The Bertz CT molecular complexity index is 631. The number of likely N-dealkylation sites (tertiary alicyclic amines) is 1. The van der Waals surface area contributed by atoms with Gasteiger partial charge in [-0.05, 0) is 57.0 Å². The van der Waals surface area contributed by atoms with Crippen LogP contribution in [0, 0.1) is 0 Å². The minimum atomic E-state index is -0.502. The van der Waals surface area contributed by atoms with Crippen LogP contribution in [0.2, 0.25) is 0 Å². The Morgan fingerprint density at radius 1 is 1.29 bits per heavy atom. The van der Waals surface area contributed by atoms with E-state index in [4.69, 9.17) is 4.42 Å². The number of hydrogen-bond acceptors (Lipinski definition) is 6. The molecule has 2 fully saturated rings. The van der Waals surface area contributed by atoms with Gasteiger partial charge in [0.1, 0.15) is 6.04 Å². The number of carbonyl (C=O) groups excluding carboxylic acids is 2. The highest BCUT2D eigenvalue weighted by molar-refractivity contribution is 7.98. The van der Waals surface area contributed by atoms with E-state index in [1.807, 2.05) is 11.2 Å². The van der Waals surface area contributed by atoms with E-state index in [1.165, 1.54) is 25.6 Å². The van der Waals surface area contributed by atoms with Crippen molar-refractivity contribution in [2.75, 3.05) is 58.3 Å². The smallest absolute Gasteiger partial charge is 0.287 e. The molecular formula is C20H32N4O3S. The van der Waals surface area contributed by atoms with Crippen LogP contribution in [-0.4, -0.2) is 96.9 Å². The fourth-order valence-corrected chi connectivity index (χ4v) is 4.57. The summed E-state index contributed by atoms with van der Waals surface area (Å²) in [5, 5.41) is 2.87. The molecule has 28 heavy (non-hydrogen) atoms. The molecule has 0 saturated carbocycles. The number of rotatable bonds is 7. The van der Waals surface area contributed by atoms with Crippen LogP contribution in [0.5, 0.6) is 0 Å². The van der Waals surface area contributed by atoms with Crippen molar-refractivity contribution >= 4 is 23.6 Å². The van der Waals surface area contributed by atoms with Gasteiger partial charge in [0.2, 0.25) is 5.91 Å². The van der Waals surface area contributed by atoms with Crippen molar-refractivity contribution in [3.05, 3.63) is 24.2 Å². The number of hydrogen-bond donors (Lipinski definition) is 1. The second-order valence-corrected chi connectivity index (χ2v) is 8.69. The van der Waals surface area contributed by atoms with Crippen molar-refractivity contribution in [3.8, 4) is 0 Å². The average Bonchev–Trinajstić information content (AvgIpc) is 3.25. The Hall–Kier alpha value is -1.51. The van der Waals surface area contributed by atoms with Gasteiger partial charge < -0.3 is 19.5 Å². The third kappa shape index (κ3) is 5.52. The van der Waals surface area contributed by atoms with Crippen LogP contribution in [0.15, 0.2) is 22.8 Å². The number of amides is 2. The van der Waals surface area contributed by atoms with E-state index in [9.17, 15) is 9.59 Å². The first-order valence-corrected chi connectivity index (χ1v) is 11.5. The molecule has 3 rings (SSSR count). The van der Waals surface area contributed by atoms with Crippen LogP contribution < -0.4 is 5.32 Å². The van der Waals surface area contributed by atoms with Crippen molar-refractivity contribution in [2.24, 2.45) is 0 Å². The lowest BCUT2D eigenvalue weighted by molar-refractivity contribution is -0.135. The summed E-state index contributed by atoms with van der Waals surface area (Å²) >= 11 is 1.68. The zero-order valence-corrected chi connectivity index (χ0v) is 17.7. The summed E-state index contributed by atoms with van der Waals surface area (Å²) in [5.41, 5.74) is 0. The largest absolute Gasteiger partial charge is 0.459 e. The predicted molar refractivity (Wildman–Crippen MR) is 112 cm³/mol. The summed E-state index contributed by atoms with van der Waals surface area (Å²) in [7, 11) is 2.18. The third-order valence-corrected chi connectivity index (χ3v) is 6.34. The van der Waals surface area contributed by atoms with Crippen LogP contribution in [0.4, 0.5) is 0 Å². The SMILES string of the molecule is CSCCC(NC(=O)c1ccco1)C(=O)N1CCN(C2CCCN(C)C2)CC1. The summed E-state index contributed by atoms with van der Waals surface area (Å²) in [6.07, 6.45) is 6.59. The fraction of sp³-hybridized carbons (Fsp3) is 0.700. The van der Waals surface area contributed by atoms with Gasteiger partial charge in [0.05, 0.1) is 6.26 Å². The summed E-state index contributed by atoms with van der Waals surface area (Å²) in [5.74, 6) is 0.763. The Labute approximate surface area is 171 Å². The molecule has 0 bridgehead atoms. The highest BCUT2D eigenvalue weighted by atomic mass is 32.2. The first-order chi connectivity index (χ1) is 13.6. The predicted octanol–water partition coefficient (Wildman–Crippen LogP) is 1.37. The van der Waals surface area contributed by atoms with E-state index < -0.39 is 6.04 Å². The number of likely N-dealkylation sites (N-methyl/N-ethyl adjacent to an activating group) is 1. The van der Waals surface area contributed by atoms with Crippen molar-refractivity contribution < 1.29 is 14.0 Å². The number of piperazine rings is 1. The van der Waals surface area contributed by atoms with Crippen molar-refractivity contribution in [2.45, 2.75) is 31.3 Å². The summed E-state index contributed by atoms with van der Waals surface area (Å²) < 4.78 is 5.16. The van der Waals surface area contributed by atoms with E-state index >= 15 is 0 Å². The molecule has 2 saturated heterocycles. The van der Waals surface area contributed by atoms with Gasteiger partial charge in [-0.25, -0.2) is 0 Å². The Balaban J connectivity index is 1.54. The van der Waals surface area contributed by atoms with Crippen LogP contribution >= 0.6 is 11.8 Å². The van der Waals surface area contributed by atoms with E-state index in [2.05, 4.69) is 22.2 Å². The van der Waals surface area contributed by atoms with Crippen molar-refractivity contribution in [3.63, 3.8) is 0 Å². The number of furan rings is 1. The minimum absolute atomic E-state index is 0.0226. The van der Waals surface area contributed by atoms with Gasteiger partial charge in [0.15, 0.2) is 5.76 Å². The molecule has 2 aliphatic rings. The maximum absolute atomic E-state index is 13.1. The average molecular weight is 409 g/mol. The molecule has 2 atom stereocenters. The number of carbonyl (C=O) groups is 2. The van der Waals surface area contributed by atoms with Gasteiger partial charge in [-0.1, -0.05) is 0 Å². The molecular weight excluding hydrogens is 376 g/mol. The lowest BCUT2D eigenvalue weighted by Gasteiger charge is -2.43. The van der Waals surface area contributed by atoms with Crippen molar-refractivity contribution in [1.82, 2.24) is 20.0 Å². The summed E-state index contributed by atoms with van der Waals surface area (Å²) in [6, 6.07) is 3.39. The molecule has 0 aliphatic carbocycles. The van der Waals surface area contributed by atoms with E-state index in [0.717, 1.165) is 38.5 Å². The van der Waals surface area contributed by atoms with Crippen molar-refractivity contribution in [1.29, 1.82) is 0 Å². The monoisotopic (exact) mass is 408 g/mol. The van der Waals surface area contributed by atoms with Crippen LogP contribution in [0.25, 0.3) is 0 Å². The van der Waals surface area contributed by atoms with Crippen LogP contribution in [0.3, 0.4) is 0 Å². The van der Waals surface area contributed by atoms with E-state index in [0.29, 0.717) is 12.5 Å². The van der Waals surface area contributed by atoms with E-state index in [-0.39, 0.29) is 17.6 Å². The van der Waals surface area contributed by atoms with Crippen LogP contribution in [-0.2, 0) is 4.79 Å². The molecule has 0 radical (unpaired) electrons. The number of nitrogens with one attached hydrogen (secondary N) is 1. The zero-order chi connectivity index (χ0) is 19.9. The van der Waals surface area contributed by atoms with E-state index in [1.54, 1.807) is 23.9 Å². The molecule has 1 aromatic heterocycles. The third-order valence-electron chi connectivity index (χ3n) is 5.70. The molecule has 0 aromatic carbocycles. The topological polar surface area (TPSA) is 69.0 Å². The van der Waals surface area contributed by atoms with Gasteiger partial charge in [-0.2, -0.15) is 11.8 Å². The standard InChI is InChI=1S/C20H32N4O3S/c1-22-8-3-5-16(15-22)23-9-11-24(12-10-23)20(26)17(7-14-28-2)21-19(25)18-6-4-13-27-18/h4,6,13,16-17H,3,5,7-12,14-15H2,1-2H3,(H,21,25). The number of thioether (sulfide) groups is 1. The normalized spacial score (nSPS) is 22.8. The first kappa shape index (κ1) is 21.2. The highest BCUT2D eigenvalue weighted by Gasteiger charge is 2.32. The zero-order valence-electron chi connectivity index (χ0n) is 16.9. The maximum Gasteiger partial charge on any atom is 0.287 e. The van der Waals surface area contributed by atoms with Gasteiger partial charge >= 0.3 is 0 Å². The fourth-order valence-electron chi connectivity index (χ4n) is 4.10. The minimum Gasteiger partial charge on any atom is -0.459 e. The Kier molecular flexibility index (Phi) is 7.82. The van der Waals surface area contributed by atoms with Gasteiger partial charge in [0, 0.05) is 38.8 Å². The maximum atomic E-state index is 13.1. The number of nitrogens with zero attached hydrogens (tertiary/aromatic N) is 3. The summed E-state index contributed by atoms with van der Waals surface area (Å²) in [4.78, 5) is 32.3. The van der Waals surface area contributed by atoms with Gasteiger partial charge in [-0.15, -0.1) is 0 Å². The second kappa shape index (κ2) is 10.3.